The van der Waals surface area contributed by atoms with Gasteiger partial charge >= 0.3 is 29.6 Å². The van der Waals surface area contributed by atoms with Crippen LogP contribution in [0.3, 0.4) is 0 Å². The summed E-state index contributed by atoms with van der Waals surface area (Å²) >= 11 is 0. The van der Waals surface area contributed by atoms with E-state index in [0.717, 1.165) is 0 Å². The largest absolute Gasteiger partial charge is 1.00 e. The molecule has 1 atom stereocenters. The Bertz CT molecular complexity index is 65.5. The van der Waals surface area contributed by atoms with E-state index in [4.69, 9.17) is 5.73 Å². The summed E-state index contributed by atoms with van der Waals surface area (Å²) < 4.78 is 0. The Balaban J connectivity index is -0.000000125. The van der Waals surface area contributed by atoms with Crippen molar-refractivity contribution >= 4 is 5.97 Å². The third-order valence-electron chi connectivity index (χ3n) is 0.372. The van der Waals surface area contributed by atoms with Crippen molar-refractivity contribution < 1.29 is 44.9 Å². The van der Waals surface area contributed by atoms with Crippen LogP contribution in [0.25, 0.3) is 0 Å². The zero-order valence-electron chi connectivity index (χ0n) is 4.97. The smallest absolute Gasteiger partial charge is 0.548 e. The van der Waals surface area contributed by atoms with Gasteiger partial charge in [0.05, 0.1) is 5.97 Å². The topological polar surface area (TPSA) is 97.7 Å². The first kappa shape index (κ1) is 15.8. The Kier molecular flexibility index (Phi) is 14.6. The van der Waals surface area contributed by atoms with Gasteiger partial charge in [-0.3, -0.25) is 0 Å². The van der Waals surface area contributed by atoms with Crippen LogP contribution >= 0.6 is 0 Å². The molecule has 0 unspecified atom stereocenters. The molecule has 0 amide bonds. The third-order valence-corrected chi connectivity index (χ3v) is 0.372. The number of aliphatic carboxylic acids is 1. The fourth-order valence-electron chi connectivity index (χ4n) is 0. The first-order valence-electron chi connectivity index (χ1n) is 1.61. The summed E-state index contributed by atoms with van der Waals surface area (Å²) in [6, 6.07) is -0.843. The Labute approximate surface area is 69.7 Å². The van der Waals surface area contributed by atoms with Crippen LogP contribution < -0.4 is 40.4 Å². The Hall–Kier alpha value is 0.390. The van der Waals surface area contributed by atoms with Gasteiger partial charge in [0.25, 0.3) is 0 Å². The molecule has 0 aliphatic carbocycles. The van der Waals surface area contributed by atoms with Crippen LogP contribution in [0.2, 0.25) is 0 Å². The van der Waals surface area contributed by atoms with E-state index in [0.29, 0.717) is 0 Å². The monoisotopic (exact) mass is 129 g/mol. The second kappa shape index (κ2) is 7.39. The number of hydrogen-bond acceptors (Lipinski definition) is 3. The number of nitrogens with two attached hydrogens (primary N) is 1. The average Bonchev–Trinajstić information content (AvgIpc) is 1.36. The molecule has 0 aromatic heterocycles. The van der Waals surface area contributed by atoms with Gasteiger partial charge in [0, 0.05) is 6.04 Å². The molecule has 0 radical (unpaired) electrons. The third kappa shape index (κ3) is 9.63. The maximum Gasteiger partial charge on any atom is 1.00 e. The summed E-state index contributed by atoms with van der Waals surface area (Å²) in [6.07, 6.45) is 0. The summed E-state index contributed by atoms with van der Waals surface area (Å²) in [7, 11) is 0. The van der Waals surface area contributed by atoms with Gasteiger partial charge in [-0.15, -0.1) is 0 Å². The predicted octanol–water partition coefficient (Wildman–Crippen LogP) is -5.74. The molecule has 0 fully saturated rings. The SMILES string of the molecule is C[C@H](N)C(=O)[O-].O.[Na+]. The zero-order chi connectivity index (χ0) is 5.15. The van der Waals surface area contributed by atoms with Gasteiger partial charge in [0.2, 0.25) is 0 Å². The molecule has 0 spiro atoms. The minimum absolute atomic E-state index is 0. The van der Waals surface area contributed by atoms with Crippen LogP contribution in [0.5, 0.6) is 0 Å². The van der Waals surface area contributed by atoms with Crippen molar-refractivity contribution in [1.29, 1.82) is 0 Å². The van der Waals surface area contributed by atoms with Crippen molar-refractivity contribution in [3.05, 3.63) is 0 Å². The van der Waals surface area contributed by atoms with Crippen LogP contribution in [0.1, 0.15) is 6.92 Å². The zero-order valence-corrected chi connectivity index (χ0v) is 6.97. The van der Waals surface area contributed by atoms with E-state index in [1.165, 1.54) is 6.92 Å². The van der Waals surface area contributed by atoms with Crippen LogP contribution in [0.4, 0.5) is 0 Å². The van der Waals surface area contributed by atoms with Crippen molar-refractivity contribution in [2.45, 2.75) is 13.0 Å². The van der Waals surface area contributed by atoms with Crippen molar-refractivity contribution in [3.8, 4) is 0 Å². The van der Waals surface area contributed by atoms with Gasteiger partial charge < -0.3 is 21.1 Å². The van der Waals surface area contributed by atoms with Gasteiger partial charge in [-0.1, -0.05) is 0 Å². The van der Waals surface area contributed by atoms with Crippen LogP contribution in [0.15, 0.2) is 0 Å². The molecule has 0 aliphatic heterocycles. The predicted molar refractivity (Wildman–Crippen MR) is 22.3 cm³/mol. The molecule has 0 aromatic rings. The molecular formula is C3H8NNaO3. The van der Waals surface area contributed by atoms with Crippen molar-refractivity contribution in [1.82, 2.24) is 0 Å². The normalized spacial score (nSPS) is 10.2. The van der Waals surface area contributed by atoms with Crippen molar-refractivity contribution in [2.75, 3.05) is 0 Å². The molecule has 5 heteroatoms. The van der Waals surface area contributed by atoms with Gasteiger partial charge in [0.1, 0.15) is 0 Å². The second-order valence-electron chi connectivity index (χ2n) is 1.11. The molecule has 0 saturated heterocycles. The average molecular weight is 129 g/mol. The number of carbonyl (C=O) groups excluding carboxylic acids is 1. The van der Waals surface area contributed by atoms with E-state index in [1.54, 1.807) is 0 Å². The van der Waals surface area contributed by atoms with E-state index in [1.807, 2.05) is 0 Å². The van der Waals surface area contributed by atoms with Gasteiger partial charge in [-0.2, -0.15) is 0 Å². The van der Waals surface area contributed by atoms with E-state index in [9.17, 15) is 9.90 Å². The number of carboxylic acids is 1. The summed E-state index contributed by atoms with van der Waals surface area (Å²) in [5.74, 6) is -1.21. The van der Waals surface area contributed by atoms with Gasteiger partial charge in [0.15, 0.2) is 0 Å². The van der Waals surface area contributed by atoms with Gasteiger partial charge in [-0.05, 0) is 6.92 Å². The fraction of sp³-hybridized carbons (Fsp3) is 0.667. The van der Waals surface area contributed by atoms with E-state index in [2.05, 4.69) is 0 Å². The first-order chi connectivity index (χ1) is 2.64. The van der Waals surface area contributed by atoms with E-state index >= 15 is 0 Å². The van der Waals surface area contributed by atoms with E-state index in [-0.39, 0.29) is 35.0 Å². The number of rotatable bonds is 1. The number of hydrogen-bond donors (Lipinski definition) is 1. The van der Waals surface area contributed by atoms with E-state index < -0.39 is 12.0 Å². The molecular weight excluding hydrogens is 121 g/mol. The van der Waals surface area contributed by atoms with Crippen LogP contribution in [-0.4, -0.2) is 17.5 Å². The Morgan fingerprint density at radius 3 is 1.88 bits per heavy atom. The summed E-state index contributed by atoms with van der Waals surface area (Å²) in [4.78, 5) is 9.46. The Morgan fingerprint density at radius 2 is 1.88 bits per heavy atom. The summed E-state index contributed by atoms with van der Waals surface area (Å²) in [5.41, 5.74) is 4.77. The minimum atomic E-state index is -1.21. The van der Waals surface area contributed by atoms with Gasteiger partial charge in [-0.25, -0.2) is 0 Å². The fourth-order valence-corrected chi connectivity index (χ4v) is 0. The maximum atomic E-state index is 9.46. The molecule has 44 valence electrons. The number of carbonyl (C=O) groups is 1. The van der Waals surface area contributed by atoms with Crippen molar-refractivity contribution in [3.63, 3.8) is 0 Å². The minimum Gasteiger partial charge on any atom is -0.548 e. The van der Waals surface area contributed by atoms with Crippen LogP contribution in [0, 0.1) is 0 Å². The quantitative estimate of drug-likeness (QED) is 0.357. The molecule has 4 nitrogen and oxygen atoms in total. The summed E-state index contributed by atoms with van der Waals surface area (Å²) in [6.45, 7) is 1.36. The van der Waals surface area contributed by atoms with Crippen LogP contribution in [-0.2, 0) is 4.79 Å². The maximum absolute atomic E-state index is 9.46. The van der Waals surface area contributed by atoms with Crippen molar-refractivity contribution in [2.24, 2.45) is 5.73 Å². The molecule has 0 heterocycles. The standard InChI is InChI=1S/C3H7NO2.Na.H2O/c1-2(4)3(5)6;;/h2H,4H2,1H3,(H,5,6);;1H2/q;+1;/p-1/t2-;;/m0../s1. The molecule has 4 N–H and O–H groups in total. The summed E-state index contributed by atoms with van der Waals surface area (Å²) in [5, 5.41) is 9.46. The number of carboxylic acid groups (broad SMARTS) is 1. The first-order valence-corrected chi connectivity index (χ1v) is 1.61. The molecule has 8 heavy (non-hydrogen) atoms. The molecule has 0 saturated carbocycles. The molecule has 0 aliphatic rings. The molecule has 0 rings (SSSR count). The Morgan fingerprint density at radius 1 is 1.75 bits per heavy atom. The molecule has 0 bridgehead atoms. The molecule has 0 aromatic carbocycles. The second-order valence-corrected chi connectivity index (χ2v) is 1.11.